The van der Waals surface area contributed by atoms with Gasteiger partial charge in [0, 0.05) is 25.2 Å². The van der Waals surface area contributed by atoms with Crippen LogP contribution in [0.15, 0.2) is 12.1 Å². The molecule has 0 saturated carbocycles. The van der Waals surface area contributed by atoms with Crippen molar-refractivity contribution in [1.29, 1.82) is 0 Å². The summed E-state index contributed by atoms with van der Waals surface area (Å²) < 4.78 is 5.26. The molecule has 1 fully saturated rings. The molecule has 0 aromatic heterocycles. The average Bonchev–Trinajstić information content (AvgIpc) is 2.83. The van der Waals surface area contributed by atoms with Gasteiger partial charge in [0.2, 0.25) is 0 Å². The lowest BCUT2D eigenvalue weighted by molar-refractivity contribution is -0.384. The van der Waals surface area contributed by atoms with Gasteiger partial charge >= 0.3 is 6.09 Å². The number of nitro groups is 1. The fourth-order valence-electron chi connectivity index (χ4n) is 2.78. The van der Waals surface area contributed by atoms with Gasteiger partial charge < -0.3 is 15.0 Å². The molecule has 8 heteroatoms. The van der Waals surface area contributed by atoms with Crippen molar-refractivity contribution in [3.05, 3.63) is 32.8 Å². The minimum atomic E-state index is -0.541. The first-order chi connectivity index (χ1) is 11.1. The van der Waals surface area contributed by atoms with Crippen LogP contribution < -0.4 is 10.2 Å². The molecule has 1 aliphatic heterocycles. The van der Waals surface area contributed by atoms with Crippen LogP contribution >= 0.6 is 11.6 Å². The maximum Gasteiger partial charge on any atom is 0.407 e. The third-order valence-electron chi connectivity index (χ3n) is 3.67. The molecule has 0 unspecified atom stereocenters. The first kappa shape index (κ1) is 18.3. The number of rotatable bonds is 3. The fourth-order valence-corrected chi connectivity index (χ4v) is 3.16. The van der Waals surface area contributed by atoms with E-state index in [2.05, 4.69) is 5.32 Å². The molecule has 132 valence electrons. The van der Waals surface area contributed by atoms with Crippen LogP contribution in [0.2, 0.25) is 5.02 Å². The van der Waals surface area contributed by atoms with Crippen molar-refractivity contribution >= 4 is 29.1 Å². The van der Waals surface area contributed by atoms with Gasteiger partial charge in [0.1, 0.15) is 5.60 Å². The highest BCUT2D eigenvalue weighted by atomic mass is 35.5. The number of ether oxygens (including phenoxy) is 1. The van der Waals surface area contributed by atoms with Gasteiger partial charge in [0.25, 0.3) is 5.69 Å². The molecule has 1 N–H and O–H groups in total. The summed E-state index contributed by atoms with van der Waals surface area (Å²) in [5, 5.41) is 14.1. The van der Waals surface area contributed by atoms with E-state index in [1.165, 1.54) is 12.1 Å². The van der Waals surface area contributed by atoms with Crippen molar-refractivity contribution in [2.24, 2.45) is 0 Å². The lowest BCUT2D eigenvalue weighted by Crippen LogP contribution is -2.40. The smallest absolute Gasteiger partial charge is 0.407 e. The Morgan fingerprint density at radius 3 is 2.67 bits per heavy atom. The van der Waals surface area contributed by atoms with E-state index in [0.29, 0.717) is 18.1 Å². The van der Waals surface area contributed by atoms with Crippen LogP contribution in [0.25, 0.3) is 0 Å². The Hall–Kier alpha value is -2.02. The minimum absolute atomic E-state index is 0.0242. The molecular weight excluding hydrogens is 334 g/mol. The van der Waals surface area contributed by atoms with Gasteiger partial charge in [-0.1, -0.05) is 11.6 Å². The van der Waals surface area contributed by atoms with Gasteiger partial charge in [-0.2, -0.15) is 0 Å². The number of amides is 1. The van der Waals surface area contributed by atoms with Crippen LogP contribution in [-0.4, -0.2) is 35.7 Å². The summed E-state index contributed by atoms with van der Waals surface area (Å²) in [6, 6.07) is 2.82. The van der Waals surface area contributed by atoms with E-state index in [0.717, 1.165) is 17.7 Å². The summed E-state index contributed by atoms with van der Waals surface area (Å²) in [5.41, 5.74) is 0.951. The third-order valence-corrected chi connectivity index (χ3v) is 3.96. The van der Waals surface area contributed by atoms with E-state index < -0.39 is 16.6 Å². The Kier molecular flexibility index (Phi) is 5.22. The number of aryl methyl sites for hydroxylation is 1. The number of nitro benzene ring substituents is 1. The number of benzene rings is 1. The quantitative estimate of drug-likeness (QED) is 0.660. The molecule has 2 rings (SSSR count). The van der Waals surface area contributed by atoms with Crippen LogP contribution in [0, 0.1) is 17.0 Å². The molecule has 24 heavy (non-hydrogen) atoms. The molecule has 7 nitrogen and oxygen atoms in total. The molecule has 1 aromatic rings. The summed E-state index contributed by atoms with van der Waals surface area (Å²) >= 11 is 6.24. The predicted molar refractivity (Wildman–Crippen MR) is 92.8 cm³/mol. The Bertz CT molecular complexity index is 634. The van der Waals surface area contributed by atoms with E-state index in [1.54, 1.807) is 6.92 Å². The van der Waals surface area contributed by atoms with Crippen molar-refractivity contribution in [2.75, 3.05) is 18.0 Å². The van der Waals surface area contributed by atoms with E-state index in [4.69, 9.17) is 16.3 Å². The highest BCUT2D eigenvalue weighted by Gasteiger charge is 2.28. The average molecular weight is 356 g/mol. The Morgan fingerprint density at radius 1 is 1.46 bits per heavy atom. The largest absolute Gasteiger partial charge is 0.444 e. The van der Waals surface area contributed by atoms with Gasteiger partial charge in [0.05, 0.1) is 21.7 Å². The predicted octanol–water partition coefficient (Wildman–Crippen LogP) is 3.66. The summed E-state index contributed by atoms with van der Waals surface area (Å²) in [6.45, 7) is 8.52. The zero-order valence-corrected chi connectivity index (χ0v) is 15.0. The number of halogens is 1. The van der Waals surface area contributed by atoms with Crippen LogP contribution in [0.1, 0.15) is 32.8 Å². The van der Waals surface area contributed by atoms with Crippen molar-refractivity contribution in [3.8, 4) is 0 Å². The van der Waals surface area contributed by atoms with E-state index in [9.17, 15) is 14.9 Å². The Balaban J connectivity index is 2.06. The second-order valence-corrected chi connectivity index (χ2v) is 7.34. The summed E-state index contributed by atoms with van der Waals surface area (Å²) in [6.07, 6.45) is 0.312. The zero-order chi connectivity index (χ0) is 18.1. The molecule has 0 spiro atoms. The molecule has 1 aromatic carbocycles. The monoisotopic (exact) mass is 355 g/mol. The third kappa shape index (κ3) is 4.50. The second-order valence-electron chi connectivity index (χ2n) is 6.93. The summed E-state index contributed by atoms with van der Waals surface area (Å²) in [4.78, 5) is 24.3. The van der Waals surface area contributed by atoms with Crippen LogP contribution in [0.5, 0.6) is 0 Å². The minimum Gasteiger partial charge on any atom is -0.444 e. The summed E-state index contributed by atoms with van der Waals surface area (Å²) in [7, 11) is 0. The topological polar surface area (TPSA) is 84.7 Å². The Morgan fingerprint density at radius 2 is 2.12 bits per heavy atom. The van der Waals surface area contributed by atoms with Crippen molar-refractivity contribution in [1.82, 2.24) is 5.32 Å². The second kappa shape index (κ2) is 6.84. The molecule has 0 aliphatic carbocycles. The SMILES string of the molecule is Cc1cc([N+](=O)[O-])cc(Cl)c1N1CC[C@@H](NC(=O)OC(C)(C)C)C1. The number of nitrogens with one attached hydrogen (secondary N) is 1. The van der Waals surface area contributed by atoms with Gasteiger partial charge in [-0.15, -0.1) is 0 Å². The van der Waals surface area contributed by atoms with Gasteiger partial charge in [-0.3, -0.25) is 10.1 Å². The number of hydrogen-bond acceptors (Lipinski definition) is 5. The standard InChI is InChI=1S/C16H22ClN3O4/c1-10-7-12(20(22)23)8-13(17)14(10)19-6-5-11(9-19)18-15(21)24-16(2,3)4/h7-8,11H,5-6,9H2,1-4H3,(H,18,21)/t11-/m1/s1. The highest BCUT2D eigenvalue weighted by molar-refractivity contribution is 6.33. The molecule has 1 aliphatic rings. The van der Waals surface area contributed by atoms with E-state index in [1.807, 2.05) is 25.7 Å². The number of alkyl carbamates (subject to hydrolysis) is 1. The molecular formula is C16H22ClN3O4. The molecule has 0 bridgehead atoms. The van der Waals surface area contributed by atoms with Gasteiger partial charge in [-0.05, 0) is 39.7 Å². The van der Waals surface area contributed by atoms with Crippen LogP contribution in [0.4, 0.5) is 16.2 Å². The first-order valence-corrected chi connectivity index (χ1v) is 8.13. The lowest BCUT2D eigenvalue weighted by atomic mass is 10.1. The molecule has 0 radical (unpaired) electrons. The van der Waals surface area contributed by atoms with Crippen molar-refractivity contribution in [3.63, 3.8) is 0 Å². The zero-order valence-electron chi connectivity index (χ0n) is 14.3. The number of carbonyl (C=O) groups is 1. The van der Waals surface area contributed by atoms with Crippen LogP contribution in [0.3, 0.4) is 0 Å². The molecule has 1 amide bonds. The van der Waals surface area contributed by atoms with Gasteiger partial charge in [0.15, 0.2) is 0 Å². The summed E-state index contributed by atoms with van der Waals surface area (Å²) in [5.74, 6) is 0. The fraction of sp³-hybridized carbons (Fsp3) is 0.562. The maximum absolute atomic E-state index is 11.9. The van der Waals surface area contributed by atoms with Crippen molar-refractivity contribution in [2.45, 2.75) is 45.8 Å². The number of nitrogens with zero attached hydrogens (tertiary/aromatic N) is 2. The number of hydrogen-bond donors (Lipinski definition) is 1. The van der Waals surface area contributed by atoms with Gasteiger partial charge in [-0.25, -0.2) is 4.79 Å². The Labute approximate surface area is 146 Å². The normalized spacial score (nSPS) is 17.7. The number of non-ortho nitro benzene ring substituents is 1. The first-order valence-electron chi connectivity index (χ1n) is 7.76. The highest BCUT2D eigenvalue weighted by Crippen LogP contribution is 2.35. The van der Waals surface area contributed by atoms with E-state index in [-0.39, 0.29) is 11.7 Å². The van der Waals surface area contributed by atoms with Crippen LogP contribution in [-0.2, 0) is 4.74 Å². The molecule has 1 saturated heterocycles. The number of carbonyl (C=O) groups excluding carboxylic acids is 1. The number of anilines is 1. The lowest BCUT2D eigenvalue weighted by Gasteiger charge is -2.23. The van der Waals surface area contributed by atoms with Crippen molar-refractivity contribution < 1.29 is 14.5 Å². The van der Waals surface area contributed by atoms with E-state index >= 15 is 0 Å². The maximum atomic E-state index is 11.9. The molecule has 1 atom stereocenters. The molecule has 1 heterocycles.